The summed E-state index contributed by atoms with van der Waals surface area (Å²) in [6, 6.07) is 14.4. The molecule has 0 bridgehead atoms. The summed E-state index contributed by atoms with van der Waals surface area (Å²) in [5, 5.41) is 0. The second-order valence-electron chi connectivity index (χ2n) is 9.20. The van der Waals surface area contributed by atoms with Crippen molar-refractivity contribution >= 4 is 11.8 Å². The molecule has 0 unspecified atom stereocenters. The number of nitrogens with zero attached hydrogens (tertiary/aromatic N) is 1. The van der Waals surface area contributed by atoms with E-state index in [4.69, 9.17) is 15.2 Å². The molecule has 2 N–H and O–H groups in total. The molecule has 1 fully saturated rings. The Hall–Kier alpha value is -2.69. The van der Waals surface area contributed by atoms with E-state index < -0.39 is 5.60 Å². The number of nitrogen functional groups attached to an aromatic ring is 1. The van der Waals surface area contributed by atoms with Crippen LogP contribution in [0.5, 0.6) is 5.75 Å². The van der Waals surface area contributed by atoms with E-state index in [1.54, 1.807) is 4.90 Å². The molecule has 0 atom stereocenters. The normalized spacial score (nSPS) is 18.1. The van der Waals surface area contributed by atoms with Gasteiger partial charge >= 0.3 is 6.09 Å². The van der Waals surface area contributed by atoms with Crippen molar-refractivity contribution in [1.29, 1.82) is 0 Å². The van der Waals surface area contributed by atoms with E-state index in [-0.39, 0.29) is 11.7 Å². The third-order valence-corrected chi connectivity index (χ3v) is 5.81. The minimum atomic E-state index is -0.464. The fraction of sp³-hybridized carbons (Fsp3) is 0.458. The van der Waals surface area contributed by atoms with Crippen molar-refractivity contribution < 1.29 is 14.3 Å². The van der Waals surface area contributed by atoms with Crippen LogP contribution in [0.25, 0.3) is 11.1 Å². The first kappa shape index (κ1) is 19.6. The summed E-state index contributed by atoms with van der Waals surface area (Å²) < 4.78 is 12.0. The van der Waals surface area contributed by atoms with Gasteiger partial charge in [-0.2, -0.15) is 0 Å². The topological polar surface area (TPSA) is 64.8 Å². The van der Waals surface area contributed by atoms with Crippen molar-refractivity contribution in [2.75, 3.05) is 18.8 Å². The lowest BCUT2D eigenvalue weighted by Crippen LogP contribution is -2.52. The van der Waals surface area contributed by atoms with Crippen molar-refractivity contribution in [1.82, 2.24) is 4.90 Å². The summed E-state index contributed by atoms with van der Waals surface area (Å²) in [4.78, 5) is 14.1. The zero-order chi connectivity index (χ0) is 20.6. The lowest BCUT2D eigenvalue weighted by molar-refractivity contribution is -0.0272. The summed E-state index contributed by atoms with van der Waals surface area (Å²) in [5.41, 5.74) is 9.53. The van der Waals surface area contributed by atoms with Crippen molar-refractivity contribution in [3.8, 4) is 16.9 Å². The Morgan fingerprint density at radius 3 is 2.34 bits per heavy atom. The van der Waals surface area contributed by atoms with Gasteiger partial charge in [0.2, 0.25) is 0 Å². The average Bonchev–Trinajstić information content (AvgIpc) is 2.67. The zero-order valence-corrected chi connectivity index (χ0v) is 17.5. The molecule has 5 heteroatoms. The Bertz CT molecular complexity index is 891. The molecule has 2 aliphatic rings. The second kappa shape index (κ2) is 7.29. The fourth-order valence-electron chi connectivity index (χ4n) is 4.15. The molecule has 2 aromatic rings. The molecule has 0 radical (unpaired) electrons. The van der Waals surface area contributed by atoms with Crippen molar-refractivity contribution in [2.24, 2.45) is 0 Å². The highest BCUT2D eigenvalue weighted by Gasteiger charge is 2.41. The molecule has 2 heterocycles. The smallest absolute Gasteiger partial charge is 0.410 e. The van der Waals surface area contributed by atoms with Crippen LogP contribution in [-0.2, 0) is 11.2 Å². The quantitative estimate of drug-likeness (QED) is 0.689. The Morgan fingerprint density at radius 1 is 1.03 bits per heavy atom. The highest BCUT2D eigenvalue weighted by atomic mass is 16.6. The van der Waals surface area contributed by atoms with Gasteiger partial charge in [0.25, 0.3) is 0 Å². The van der Waals surface area contributed by atoms with Gasteiger partial charge in [-0.1, -0.05) is 18.2 Å². The van der Waals surface area contributed by atoms with Gasteiger partial charge in [0.05, 0.1) is 0 Å². The average molecular weight is 395 g/mol. The maximum absolute atomic E-state index is 12.3. The van der Waals surface area contributed by atoms with E-state index in [2.05, 4.69) is 30.3 Å². The number of nitrogens with two attached hydrogens (primary N) is 1. The molecule has 1 spiro atoms. The Kier molecular flexibility index (Phi) is 4.93. The third kappa shape index (κ3) is 4.34. The minimum Gasteiger partial charge on any atom is -0.487 e. The standard InChI is InChI=1S/C24H30N2O3/c1-23(2,3)29-22(27)26-14-12-24(13-15-26)11-10-19-16-18(6-9-21(19)28-24)17-4-7-20(25)8-5-17/h4-9,16H,10-15,25H2,1-3H3. The van der Waals surface area contributed by atoms with E-state index in [9.17, 15) is 4.79 Å². The van der Waals surface area contributed by atoms with Gasteiger partial charge in [-0.15, -0.1) is 0 Å². The minimum absolute atomic E-state index is 0.172. The van der Waals surface area contributed by atoms with Crippen LogP contribution in [0.4, 0.5) is 10.5 Å². The maximum Gasteiger partial charge on any atom is 0.410 e. The first-order valence-electron chi connectivity index (χ1n) is 10.4. The molecule has 29 heavy (non-hydrogen) atoms. The van der Waals surface area contributed by atoms with Crippen LogP contribution >= 0.6 is 0 Å². The highest BCUT2D eigenvalue weighted by Crippen LogP contribution is 2.41. The zero-order valence-electron chi connectivity index (χ0n) is 17.5. The number of ether oxygens (including phenoxy) is 2. The van der Waals surface area contributed by atoms with E-state index in [1.807, 2.05) is 32.9 Å². The van der Waals surface area contributed by atoms with Gasteiger partial charge in [0.1, 0.15) is 17.0 Å². The molecule has 2 aromatic carbocycles. The van der Waals surface area contributed by atoms with E-state index in [0.29, 0.717) is 13.1 Å². The number of rotatable bonds is 1. The molecule has 1 amide bonds. The van der Waals surface area contributed by atoms with E-state index >= 15 is 0 Å². The van der Waals surface area contributed by atoms with Crippen LogP contribution in [0, 0.1) is 0 Å². The molecule has 154 valence electrons. The SMILES string of the molecule is CC(C)(C)OC(=O)N1CCC2(CCc3cc(-c4ccc(N)cc4)ccc3O2)CC1. The molecular weight excluding hydrogens is 364 g/mol. The molecular formula is C24H30N2O3. The van der Waals surface area contributed by atoms with Crippen molar-refractivity contribution in [3.63, 3.8) is 0 Å². The number of likely N-dealkylation sites (tertiary alicyclic amines) is 1. The number of hydrogen-bond donors (Lipinski definition) is 1. The van der Waals surface area contributed by atoms with Crippen molar-refractivity contribution in [3.05, 3.63) is 48.0 Å². The van der Waals surface area contributed by atoms with Gasteiger partial charge in [-0.25, -0.2) is 4.79 Å². The van der Waals surface area contributed by atoms with Crippen LogP contribution < -0.4 is 10.5 Å². The molecule has 0 aromatic heterocycles. The first-order chi connectivity index (χ1) is 13.7. The van der Waals surface area contributed by atoms with Crippen LogP contribution in [0.2, 0.25) is 0 Å². The van der Waals surface area contributed by atoms with Crippen molar-refractivity contribution in [2.45, 2.75) is 57.7 Å². The lowest BCUT2D eigenvalue weighted by Gasteiger charge is -2.44. The molecule has 1 saturated heterocycles. The number of aryl methyl sites for hydroxylation is 1. The third-order valence-electron chi connectivity index (χ3n) is 5.81. The summed E-state index contributed by atoms with van der Waals surface area (Å²) in [6.45, 7) is 7.05. The fourth-order valence-corrected chi connectivity index (χ4v) is 4.15. The van der Waals surface area contributed by atoms with E-state index in [0.717, 1.165) is 42.7 Å². The monoisotopic (exact) mass is 394 g/mol. The van der Waals surface area contributed by atoms with Gasteiger partial charge in [0.15, 0.2) is 0 Å². The van der Waals surface area contributed by atoms with Gasteiger partial charge < -0.3 is 20.1 Å². The molecule has 2 aliphatic heterocycles. The summed E-state index contributed by atoms with van der Waals surface area (Å²) >= 11 is 0. The summed E-state index contributed by atoms with van der Waals surface area (Å²) in [6.07, 6.45) is 3.42. The van der Waals surface area contributed by atoms with Gasteiger partial charge in [0, 0.05) is 31.6 Å². The number of benzene rings is 2. The number of amides is 1. The number of hydrogen-bond acceptors (Lipinski definition) is 4. The number of anilines is 1. The number of fused-ring (bicyclic) bond motifs is 1. The largest absolute Gasteiger partial charge is 0.487 e. The molecule has 4 rings (SSSR count). The van der Waals surface area contributed by atoms with Gasteiger partial charge in [-0.05, 0) is 74.6 Å². The molecule has 0 saturated carbocycles. The summed E-state index contributed by atoms with van der Waals surface area (Å²) in [5.74, 6) is 0.973. The molecule has 0 aliphatic carbocycles. The predicted octanol–water partition coefficient (Wildman–Crippen LogP) is 5.03. The number of carbonyl (C=O) groups is 1. The Labute approximate surface area is 172 Å². The molecule has 5 nitrogen and oxygen atoms in total. The van der Waals surface area contributed by atoms with Crippen LogP contribution in [0.15, 0.2) is 42.5 Å². The lowest BCUT2D eigenvalue weighted by atomic mass is 9.82. The van der Waals surface area contributed by atoms with Crippen LogP contribution in [0.3, 0.4) is 0 Å². The second-order valence-corrected chi connectivity index (χ2v) is 9.20. The highest BCUT2D eigenvalue weighted by molar-refractivity contribution is 5.69. The van der Waals surface area contributed by atoms with Crippen LogP contribution in [0.1, 0.15) is 45.6 Å². The predicted molar refractivity (Wildman–Crippen MR) is 115 cm³/mol. The van der Waals surface area contributed by atoms with Gasteiger partial charge in [-0.3, -0.25) is 0 Å². The van der Waals surface area contributed by atoms with Crippen LogP contribution in [-0.4, -0.2) is 35.3 Å². The Morgan fingerprint density at radius 2 is 1.69 bits per heavy atom. The van der Waals surface area contributed by atoms with E-state index in [1.165, 1.54) is 11.1 Å². The number of carbonyl (C=O) groups excluding carboxylic acids is 1. The number of piperidine rings is 1. The maximum atomic E-state index is 12.3. The first-order valence-corrected chi connectivity index (χ1v) is 10.4. The Balaban J connectivity index is 1.43. The summed E-state index contributed by atoms with van der Waals surface area (Å²) in [7, 11) is 0.